The summed E-state index contributed by atoms with van der Waals surface area (Å²) in [6.45, 7) is 0.313. The third-order valence-corrected chi connectivity index (χ3v) is 6.02. The van der Waals surface area contributed by atoms with Gasteiger partial charge in [-0.15, -0.1) is 0 Å². The van der Waals surface area contributed by atoms with Gasteiger partial charge in [-0.05, 0) is 29.7 Å². The molecular formula is C22H21F5N2O. The smallest absolute Gasteiger partial charge is 0.319 e. The highest BCUT2D eigenvalue weighted by Gasteiger charge is 2.54. The Morgan fingerprint density at radius 2 is 1.83 bits per heavy atom. The van der Waals surface area contributed by atoms with Gasteiger partial charge in [0.05, 0.1) is 19.6 Å². The first-order valence-corrected chi connectivity index (χ1v) is 9.78. The van der Waals surface area contributed by atoms with Crippen molar-refractivity contribution in [2.24, 2.45) is 5.92 Å². The molecule has 0 aliphatic carbocycles. The summed E-state index contributed by atoms with van der Waals surface area (Å²) in [5.41, 5.74) is 0.656. The summed E-state index contributed by atoms with van der Waals surface area (Å²) >= 11 is 0. The fourth-order valence-corrected chi connectivity index (χ4v) is 4.14. The number of likely N-dealkylation sites (tertiary alicyclic amines) is 2. The molecule has 2 atom stereocenters. The second kappa shape index (κ2) is 7.56. The first kappa shape index (κ1) is 20.6. The number of hydrogen-bond acceptors (Lipinski definition) is 1. The topological polar surface area (TPSA) is 23.6 Å². The molecule has 4 rings (SSSR count). The molecule has 8 heteroatoms. The molecule has 3 nitrogen and oxygen atoms in total. The normalized spacial score (nSPS) is 23.5. The Morgan fingerprint density at radius 3 is 2.50 bits per heavy atom. The van der Waals surface area contributed by atoms with E-state index in [1.54, 1.807) is 12.1 Å². The van der Waals surface area contributed by atoms with Crippen molar-refractivity contribution in [1.82, 2.24) is 9.80 Å². The van der Waals surface area contributed by atoms with Crippen molar-refractivity contribution in [3.63, 3.8) is 0 Å². The van der Waals surface area contributed by atoms with Gasteiger partial charge < -0.3 is 9.80 Å². The van der Waals surface area contributed by atoms with E-state index in [4.69, 9.17) is 0 Å². The monoisotopic (exact) mass is 424 g/mol. The van der Waals surface area contributed by atoms with Crippen LogP contribution in [0.25, 0.3) is 11.1 Å². The van der Waals surface area contributed by atoms with E-state index >= 15 is 4.39 Å². The zero-order valence-corrected chi connectivity index (χ0v) is 16.3. The third-order valence-electron chi connectivity index (χ3n) is 6.02. The van der Waals surface area contributed by atoms with Gasteiger partial charge in [-0.3, -0.25) is 0 Å². The van der Waals surface area contributed by atoms with E-state index in [2.05, 4.69) is 0 Å². The summed E-state index contributed by atoms with van der Waals surface area (Å²) in [4.78, 5) is 14.9. The number of urea groups is 1. The van der Waals surface area contributed by atoms with Crippen LogP contribution in [-0.2, 0) is 6.42 Å². The van der Waals surface area contributed by atoms with Crippen molar-refractivity contribution in [1.29, 1.82) is 0 Å². The van der Waals surface area contributed by atoms with Crippen molar-refractivity contribution in [3.05, 3.63) is 59.7 Å². The van der Waals surface area contributed by atoms with E-state index in [-0.39, 0.29) is 30.6 Å². The molecule has 0 bridgehead atoms. The van der Waals surface area contributed by atoms with E-state index in [1.807, 2.05) is 0 Å². The molecule has 0 spiro atoms. The Hall–Kier alpha value is -2.64. The van der Waals surface area contributed by atoms with Crippen molar-refractivity contribution >= 4 is 6.03 Å². The zero-order valence-electron chi connectivity index (χ0n) is 16.3. The highest BCUT2D eigenvalue weighted by Crippen LogP contribution is 2.40. The maximum Gasteiger partial charge on any atom is 0.320 e. The molecule has 2 saturated heterocycles. The predicted octanol–water partition coefficient (Wildman–Crippen LogP) is 4.90. The molecule has 2 aliphatic rings. The van der Waals surface area contributed by atoms with Crippen LogP contribution in [0.5, 0.6) is 0 Å². The Bertz CT molecular complexity index is 960. The largest absolute Gasteiger partial charge is 0.320 e. The number of rotatable bonds is 3. The number of halogens is 5. The lowest BCUT2D eigenvalue weighted by atomic mass is 9.92. The van der Waals surface area contributed by atoms with E-state index in [0.717, 1.165) is 4.90 Å². The minimum absolute atomic E-state index is 0.120. The van der Waals surface area contributed by atoms with E-state index < -0.39 is 48.3 Å². The second-order valence-corrected chi connectivity index (χ2v) is 8.02. The van der Waals surface area contributed by atoms with Crippen LogP contribution < -0.4 is 0 Å². The van der Waals surface area contributed by atoms with Gasteiger partial charge in [0.15, 0.2) is 0 Å². The molecule has 0 saturated carbocycles. The average molecular weight is 424 g/mol. The lowest BCUT2D eigenvalue weighted by molar-refractivity contribution is -0.0236. The first-order chi connectivity index (χ1) is 14.2. The highest BCUT2D eigenvalue weighted by molar-refractivity contribution is 5.76. The van der Waals surface area contributed by atoms with Crippen molar-refractivity contribution in [2.45, 2.75) is 31.5 Å². The standard InChI is InChI=1S/C22H21F5N2O/c1-13-19(29(12-22(13,26)27)21(30)28-10-17(24)11-28)9-15-5-3-7-18(20(15)25)14-4-2-6-16(23)8-14/h2-8,13,17,19H,9-12H2,1H3/t13-,19+/m1/s1. The molecule has 160 valence electrons. The van der Waals surface area contributed by atoms with Gasteiger partial charge in [0, 0.05) is 17.5 Å². The Labute approximate surface area is 171 Å². The molecule has 0 radical (unpaired) electrons. The van der Waals surface area contributed by atoms with Crippen molar-refractivity contribution in [3.8, 4) is 11.1 Å². The lowest BCUT2D eigenvalue weighted by Crippen LogP contribution is -2.57. The number of carbonyl (C=O) groups is 1. The zero-order chi connectivity index (χ0) is 21.6. The van der Waals surface area contributed by atoms with Crippen molar-refractivity contribution in [2.75, 3.05) is 19.6 Å². The quantitative estimate of drug-likeness (QED) is 0.643. The molecule has 0 aromatic heterocycles. The van der Waals surface area contributed by atoms with Gasteiger partial charge >= 0.3 is 6.03 Å². The van der Waals surface area contributed by atoms with E-state index in [9.17, 15) is 22.4 Å². The van der Waals surface area contributed by atoms with Gasteiger partial charge in [-0.2, -0.15) is 0 Å². The fraction of sp³-hybridized carbons (Fsp3) is 0.409. The Balaban J connectivity index is 1.63. The maximum absolute atomic E-state index is 15.2. The molecule has 2 fully saturated rings. The number of nitrogens with zero attached hydrogens (tertiary/aromatic N) is 2. The molecule has 0 unspecified atom stereocenters. The molecule has 2 aromatic rings. The van der Waals surface area contributed by atoms with Crippen LogP contribution in [0.4, 0.5) is 26.7 Å². The number of amides is 2. The van der Waals surface area contributed by atoms with Gasteiger partial charge in [-0.1, -0.05) is 37.3 Å². The Kier molecular flexibility index (Phi) is 5.20. The molecular weight excluding hydrogens is 403 g/mol. The number of benzene rings is 2. The second-order valence-electron chi connectivity index (χ2n) is 8.02. The van der Waals surface area contributed by atoms with Gasteiger partial charge in [0.25, 0.3) is 5.92 Å². The summed E-state index contributed by atoms with van der Waals surface area (Å²) in [5.74, 6) is -5.47. The number of carbonyl (C=O) groups excluding carboxylic acids is 1. The summed E-state index contributed by atoms with van der Waals surface area (Å²) in [7, 11) is 0. The third kappa shape index (κ3) is 3.63. The summed E-state index contributed by atoms with van der Waals surface area (Å²) in [6.07, 6.45) is -1.27. The number of alkyl halides is 3. The van der Waals surface area contributed by atoms with Gasteiger partial charge in [0.1, 0.15) is 17.8 Å². The van der Waals surface area contributed by atoms with Crippen LogP contribution in [0, 0.1) is 17.6 Å². The molecule has 2 aliphatic heterocycles. The van der Waals surface area contributed by atoms with Crippen LogP contribution in [0.15, 0.2) is 42.5 Å². The molecule has 2 heterocycles. The van der Waals surface area contributed by atoms with Crippen LogP contribution in [0.3, 0.4) is 0 Å². The van der Waals surface area contributed by atoms with Gasteiger partial charge in [0.2, 0.25) is 0 Å². The van der Waals surface area contributed by atoms with Crippen LogP contribution in [-0.4, -0.2) is 53.6 Å². The molecule has 2 amide bonds. The minimum atomic E-state index is -3.13. The molecule has 0 N–H and O–H groups in total. The average Bonchev–Trinajstić information content (AvgIpc) is 2.90. The van der Waals surface area contributed by atoms with Crippen LogP contribution in [0.1, 0.15) is 12.5 Å². The van der Waals surface area contributed by atoms with E-state index in [1.165, 1.54) is 42.2 Å². The first-order valence-electron chi connectivity index (χ1n) is 9.78. The summed E-state index contributed by atoms with van der Waals surface area (Å²) < 4.78 is 70.8. The van der Waals surface area contributed by atoms with Crippen molar-refractivity contribution < 1.29 is 26.7 Å². The SMILES string of the molecule is C[C@@H]1[C@H](Cc2cccc(-c3cccc(F)c3)c2F)N(C(=O)N2CC(F)C2)CC1(F)F. The predicted molar refractivity (Wildman–Crippen MR) is 102 cm³/mol. The number of hydrogen-bond donors (Lipinski definition) is 0. The van der Waals surface area contributed by atoms with E-state index in [0.29, 0.717) is 5.56 Å². The van der Waals surface area contributed by atoms with Crippen LogP contribution >= 0.6 is 0 Å². The summed E-state index contributed by atoms with van der Waals surface area (Å²) in [5, 5.41) is 0. The minimum Gasteiger partial charge on any atom is -0.319 e. The Morgan fingerprint density at radius 1 is 1.13 bits per heavy atom. The van der Waals surface area contributed by atoms with Crippen LogP contribution in [0.2, 0.25) is 0 Å². The highest BCUT2D eigenvalue weighted by atomic mass is 19.3. The van der Waals surface area contributed by atoms with Gasteiger partial charge in [-0.25, -0.2) is 26.7 Å². The lowest BCUT2D eigenvalue weighted by Gasteiger charge is -2.39. The maximum atomic E-state index is 15.2. The summed E-state index contributed by atoms with van der Waals surface area (Å²) in [6, 6.07) is 8.41. The molecule has 2 aromatic carbocycles. The molecule has 30 heavy (non-hydrogen) atoms. The fourth-order valence-electron chi connectivity index (χ4n) is 4.14.